The first kappa shape index (κ1) is 9.58. The molecule has 3 nitrogen and oxygen atoms in total. The molecule has 0 spiro atoms. The van der Waals surface area contributed by atoms with Gasteiger partial charge in [-0.3, -0.25) is 9.59 Å². The fraction of sp³-hybridized carbons (Fsp3) is 0.385. The first-order chi connectivity index (χ1) is 7.69. The molecule has 3 rings (SSSR count). The first-order valence-electron chi connectivity index (χ1n) is 5.50. The van der Waals surface area contributed by atoms with Crippen LogP contribution in [0.25, 0.3) is 0 Å². The molecule has 2 fully saturated rings. The lowest BCUT2D eigenvalue weighted by molar-refractivity contribution is -0.141. The maximum Gasteiger partial charge on any atom is 0.308 e. The van der Waals surface area contributed by atoms with E-state index in [2.05, 4.69) is 0 Å². The summed E-state index contributed by atoms with van der Waals surface area (Å²) < 4.78 is 0. The second kappa shape index (κ2) is 2.94. The van der Waals surface area contributed by atoms with Crippen LogP contribution in [0.4, 0.5) is 0 Å². The summed E-state index contributed by atoms with van der Waals surface area (Å²) in [6.45, 7) is 0. The Labute approximate surface area is 93.1 Å². The fourth-order valence-electron chi connectivity index (χ4n) is 3.36. The summed E-state index contributed by atoms with van der Waals surface area (Å²) in [6, 6.07) is 9.36. The second-order valence-corrected chi connectivity index (χ2v) is 4.62. The number of carbonyl (C=O) groups is 2. The summed E-state index contributed by atoms with van der Waals surface area (Å²) >= 11 is 0. The molecule has 0 radical (unpaired) electrons. The fourth-order valence-corrected chi connectivity index (χ4v) is 3.36. The normalized spacial score (nSPS) is 35.9. The molecule has 0 amide bonds. The number of carboxylic acid groups (broad SMARTS) is 1. The Morgan fingerprint density at radius 2 is 2.00 bits per heavy atom. The van der Waals surface area contributed by atoms with Crippen LogP contribution in [0.2, 0.25) is 0 Å². The van der Waals surface area contributed by atoms with Gasteiger partial charge in [0, 0.05) is 6.42 Å². The Kier molecular flexibility index (Phi) is 1.76. The van der Waals surface area contributed by atoms with Crippen molar-refractivity contribution in [3.63, 3.8) is 0 Å². The Morgan fingerprint density at radius 3 is 2.56 bits per heavy atom. The van der Waals surface area contributed by atoms with Gasteiger partial charge in [-0.1, -0.05) is 30.3 Å². The highest BCUT2D eigenvalue weighted by molar-refractivity contribution is 6.03. The van der Waals surface area contributed by atoms with Gasteiger partial charge in [-0.2, -0.15) is 0 Å². The van der Waals surface area contributed by atoms with Crippen molar-refractivity contribution in [1.82, 2.24) is 0 Å². The predicted octanol–water partition coefficient (Wildman–Crippen LogP) is 1.62. The maximum atomic E-state index is 12.0. The lowest BCUT2D eigenvalue weighted by atomic mass is 9.89. The molecule has 1 N–H and O–H groups in total. The van der Waals surface area contributed by atoms with Crippen LogP contribution in [-0.2, 0) is 15.0 Å². The smallest absolute Gasteiger partial charge is 0.308 e. The van der Waals surface area contributed by atoms with Crippen LogP contribution in [0.3, 0.4) is 0 Å². The largest absolute Gasteiger partial charge is 0.481 e. The van der Waals surface area contributed by atoms with Gasteiger partial charge < -0.3 is 5.11 Å². The highest BCUT2D eigenvalue weighted by Gasteiger charge is 2.75. The molecule has 1 aromatic carbocycles. The van der Waals surface area contributed by atoms with E-state index in [4.69, 9.17) is 5.11 Å². The summed E-state index contributed by atoms with van der Waals surface area (Å²) in [5, 5.41) is 9.15. The van der Waals surface area contributed by atoms with Gasteiger partial charge in [-0.05, 0) is 17.9 Å². The summed E-state index contributed by atoms with van der Waals surface area (Å²) in [5.74, 6) is -1.19. The summed E-state index contributed by atoms with van der Waals surface area (Å²) in [4.78, 5) is 23.1. The molecule has 2 aliphatic rings. The van der Waals surface area contributed by atoms with E-state index in [1.54, 1.807) is 0 Å². The quantitative estimate of drug-likeness (QED) is 0.817. The molecule has 0 unspecified atom stereocenters. The van der Waals surface area contributed by atoms with E-state index in [1.165, 1.54) is 0 Å². The molecule has 0 aliphatic heterocycles. The van der Waals surface area contributed by atoms with Crippen molar-refractivity contribution in [2.75, 3.05) is 0 Å². The zero-order valence-electron chi connectivity index (χ0n) is 8.72. The molecule has 1 aromatic rings. The van der Waals surface area contributed by atoms with Gasteiger partial charge in [0.2, 0.25) is 0 Å². The van der Waals surface area contributed by atoms with Gasteiger partial charge in [0.1, 0.15) is 5.78 Å². The third-order valence-corrected chi connectivity index (χ3v) is 4.03. The second-order valence-electron chi connectivity index (χ2n) is 4.62. The molecule has 3 atom stereocenters. The van der Waals surface area contributed by atoms with Crippen LogP contribution in [0.1, 0.15) is 18.4 Å². The summed E-state index contributed by atoms with van der Waals surface area (Å²) in [5.41, 5.74) is 0.197. The predicted molar refractivity (Wildman–Crippen MR) is 57.0 cm³/mol. The first-order valence-corrected chi connectivity index (χ1v) is 5.50. The standard InChI is InChI=1S/C13H12O3/c14-10-7-6-9-11(12(15)16)13(9,10)8-4-2-1-3-5-8/h1-5,9,11H,6-7H2,(H,15,16)/t9-,11-,13-/m1/s1. The van der Waals surface area contributed by atoms with Crippen molar-refractivity contribution in [2.24, 2.45) is 11.8 Å². The van der Waals surface area contributed by atoms with E-state index in [0.29, 0.717) is 6.42 Å². The number of carbonyl (C=O) groups excluding carboxylic acids is 1. The van der Waals surface area contributed by atoms with Crippen LogP contribution in [0.5, 0.6) is 0 Å². The van der Waals surface area contributed by atoms with Crippen LogP contribution in [0.15, 0.2) is 30.3 Å². The van der Waals surface area contributed by atoms with Gasteiger partial charge >= 0.3 is 5.97 Å². The molecule has 0 aromatic heterocycles. The molecule has 0 saturated heterocycles. The van der Waals surface area contributed by atoms with Gasteiger partial charge in [0.15, 0.2) is 0 Å². The lowest BCUT2D eigenvalue weighted by Gasteiger charge is -2.12. The third kappa shape index (κ3) is 0.932. The molecule has 0 heterocycles. The van der Waals surface area contributed by atoms with Crippen LogP contribution in [0, 0.1) is 11.8 Å². The number of ketones is 1. The van der Waals surface area contributed by atoms with E-state index in [9.17, 15) is 9.59 Å². The van der Waals surface area contributed by atoms with E-state index in [-0.39, 0.29) is 11.7 Å². The van der Waals surface area contributed by atoms with E-state index in [0.717, 1.165) is 12.0 Å². The number of rotatable bonds is 2. The van der Waals surface area contributed by atoms with Crippen LogP contribution in [-0.4, -0.2) is 16.9 Å². The van der Waals surface area contributed by atoms with Gasteiger partial charge in [-0.25, -0.2) is 0 Å². The number of aliphatic carboxylic acids is 1. The molecule has 2 saturated carbocycles. The summed E-state index contributed by atoms with van der Waals surface area (Å²) in [7, 11) is 0. The minimum absolute atomic E-state index is 0.0277. The highest BCUT2D eigenvalue weighted by atomic mass is 16.4. The SMILES string of the molecule is O=C(O)[C@H]1[C@H]2CCC(=O)[C@@]21c1ccccc1. The van der Waals surface area contributed by atoms with Crippen molar-refractivity contribution in [3.8, 4) is 0 Å². The Balaban J connectivity index is 2.10. The zero-order chi connectivity index (χ0) is 11.3. The van der Waals surface area contributed by atoms with Crippen molar-refractivity contribution in [3.05, 3.63) is 35.9 Å². The third-order valence-electron chi connectivity index (χ3n) is 4.03. The summed E-state index contributed by atoms with van der Waals surface area (Å²) in [6.07, 6.45) is 1.26. The average molecular weight is 216 g/mol. The van der Waals surface area contributed by atoms with Gasteiger partial charge in [0.05, 0.1) is 11.3 Å². The van der Waals surface area contributed by atoms with Gasteiger partial charge in [0.25, 0.3) is 0 Å². The maximum absolute atomic E-state index is 12.0. The Bertz CT molecular complexity index is 465. The lowest BCUT2D eigenvalue weighted by Crippen LogP contribution is -2.23. The monoisotopic (exact) mass is 216 g/mol. The molecule has 0 bridgehead atoms. The van der Waals surface area contributed by atoms with Crippen molar-refractivity contribution in [2.45, 2.75) is 18.3 Å². The van der Waals surface area contributed by atoms with E-state index in [1.807, 2.05) is 30.3 Å². The van der Waals surface area contributed by atoms with Crippen LogP contribution < -0.4 is 0 Å². The van der Waals surface area contributed by atoms with E-state index < -0.39 is 17.3 Å². The number of carboxylic acids is 1. The molecule has 2 aliphatic carbocycles. The Hall–Kier alpha value is -1.64. The topological polar surface area (TPSA) is 54.4 Å². The number of hydrogen-bond acceptors (Lipinski definition) is 2. The average Bonchev–Trinajstić information content (AvgIpc) is 2.87. The molecular weight excluding hydrogens is 204 g/mol. The number of Topliss-reactive ketones (excluding diaryl/α,β-unsaturated/α-hetero) is 1. The number of fused-ring (bicyclic) bond motifs is 1. The van der Waals surface area contributed by atoms with Crippen molar-refractivity contribution >= 4 is 11.8 Å². The van der Waals surface area contributed by atoms with E-state index >= 15 is 0 Å². The van der Waals surface area contributed by atoms with Gasteiger partial charge in [-0.15, -0.1) is 0 Å². The molecule has 3 heteroatoms. The Morgan fingerprint density at radius 1 is 1.31 bits per heavy atom. The number of hydrogen-bond donors (Lipinski definition) is 1. The zero-order valence-corrected chi connectivity index (χ0v) is 8.72. The molecule has 82 valence electrons. The van der Waals surface area contributed by atoms with Crippen molar-refractivity contribution in [1.29, 1.82) is 0 Å². The highest BCUT2D eigenvalue weighted by Crippen LogP contribution is 2.67. The molecule has 16 heavy (non-hydrogen) atoms. The number of benzene rings is 1. The molecular formula is C13H12O3. The van der Waals surface area contributed by atoms with Crippen molar-refractivity contribution < 1.29 is 14.7 Å². The minimum Gasteiger partial charge on any atom is -0.481 e. The minimum atomic E-state index is -0.832. The van der Waals surface area contributed by atoms with Crippen LogP contribution >= 0.6 is 0 Å².